The maximum atomic E-state index is 13.1. The van der Waals surface area contributed by atoms with E-state index in [0.717, 1.165) is 102 Å². The summed E-state index contributed by atoms with van der Waals surface area (Å²) in [5.41, 5.74) is 0. The number of aliphatic hydroxyl groups is 1. The topological polar surface area (TPSA) is 237 Å². The molecule has 0 saturated heterocycles. The molecule has 17 nitrogen and oxygen atoms in total. The van der Waals surface area contributed by atoms with Gasteiger partial charge in [-0.1, -0.05) is 363 Å². The van der Waals surface area contributed by atoms with E-state index in [4.69, 9.17) is 37.0 Å². The SMILES string of the molecule is CCCCCCCCCCCCCCCCCCCC(=O)O[C@H](COC(=O)CCCCCCCCCCCCCCCC(C)C)COP(=O)(O)OC[C@@H](O)COP(=O)(O)OC[C@@H](COC(=O)CCCCCCCCCC(C)C)OC(=O)CCCCCCCCCCCCCCCCC. The van der Waals surface area contributed by atoms with E-state index in [0.29, 0.717) is 31.6 Å². The normalized spacial score (nSPS) is 13.9. The number of carbonyl (C=O) groups is 4. The second kappa shape index (κ2) is 70.7. The summed E-state index contributed by atoms with van der Waals surface area (Å²) in [5, 5.41) is 10.6. The zero-order valence-corrected chi connectivity index (χ0v) is 65.9. The Morgan fingerprint density at radius 3 is 0.694 bits per heavy atom. The van der Waals surface area contributed by atoms with E-state index in [1.807, 2.05) is 0 Å². The summed E-state index contributed by atoms with van der Waals surface area (Å²) < 4.78 is 68.7. The first-order valence-corrected chi connectivity index (χ1v) is 44.0. The van der Waals surface area contributed by atoms with Gasteiger partial charge in [-0.25, -0.2) is 9.13 Å². The van der Waals surface area contributed by atoms with Gasteiger partial charge in [0.2, 0.25) is 0 Å². The van der Waals surface area contributed by atoms with Crippen molar-refractivity contribution in [1.29, 1.82) is 0 Å². The molecule has 0 rings (SSSR count). The van der Waals surface area contributed by atoms with Crippen LogP contribution >= 0.6 is 15.6 Å². The van der Waals surface area contributed by atoms with Gasteiger partial charge >= 0.3 is 39.5 Å². The molecule has 0 bridgehead atoms. The Hall–Kier alpha value is -1.94. The Balaban J connectivity index is 5.25. The first-order valence-electron chi connectivity index (χ1n) is 41.0. The van der Waals surface area contributed by atoms with Gasteiger partial charge in [0.25, 0.3) is 0 Å². The summed E-state index contributed by atoms with van der Waals surface area (Å²) in [6.45, 7) is 9.59. The lowest BCUT2D eigenvalue weighted by Crippen LogP contribution is -2.30. The minimum absolute atomic E-state index is 0.107. The summed E-state index contributed by atoms with van der Waals surface area (Å²) in [5.74, 6) is -0.614. The molecule has 98 heavy (non-hydrogen) atoms. The van der Waals surface area contributed by atoms with Gasteiger partial charge < -0.3 is 33.8 Å². The molecule has 582 valence electrons. The van der Waals surface area contributed by atoms with Gasteiger partial charge in [0.15, 0.2) is 12.2 Å². The minimum atomic E-state index is -4.96. The molecule has 0 aromatic carbocycles. The van der Waals surface area contributed by atoms with Gasteiger partial charge in [0.1, 0.15) is 19.3 Å². The fourth-order valence-corrected chi connectivity index (χ4v) is 13.8. The molecule has 0 amide bonds. The third-order valence-electron chi connectivity index (χ3n) is 18.5. The highest BCUT2D eigenvalue weighted by Gasteiger charge is 2.30. The molecule has 0 aromatic heterocycles. The second-order valence-electron chi connectivity index (χ2n) is 29.4. The van der Waals surface area contributed by atoms with Crippen molar-refractivity contribution in [3.05, 3.63) is 0 Å². The van der Waals surface area contributed by atoms with Crippen LogP contribution in [0.1, 0.15) is 414 Å². The van der Waals surface area contributed by atoms with Crippen LogP contribution in [0.4, 0.5) is 0 Å². The van der Waals surface area contributed by atoms with Gasteiger partial charge in [0, 0.05) is 25.7 Å². The Morgan fingerprint density at radius 2 is 0.469 bits per heavy atom. The van der Waals surface area contributed by atoms with Crippen LogP contribution in [0.15, 0.2) is 0 Å². The lowest BCUT2D eigenvalue weighted by Gasteiger charge is -2.21. The number of unbranched alkanes of at least 4 members (excludes halogenated alkanes) is 48. The number of aliphatic hydroxyl groups excluding tert-OH is 1. The number of ether oxygens (including phenoxy) is 4. The van der Waals surface area contributed by atoms with Gasteiger partial charge in [-0.2, -0.15) is 0 Å². The molecule has 0 aliphatic heterocycles. The monoisotopic (exact) mass is 1440 g/mol. The molecule has 19 heteroatoms. The minimum Gasteiger partial charge on any atom is -0.462 e. The molecule has 0 aliphatic carbocycles. The van der Waals surface area contributed by atoms with E-state index >= 15 is 0 Å². The van der Waals surface area contributed by atoms with Crippen LogP contribution in [-0.2, 0) is 65.4 Å². The molecule has 0 fully saturated rings. The lowest BCUT2D eigenvalue weighted by atomic mass is 10.0. The summed E-state index contributed by atoms with van der Waals surface area (Å²) in [6, 6.07) is 0. The standard InChI is InChI=1S/C79H154O17P2/c1-7-9-11-13-15-17-19-21-23-24-26-30-35-39-45-52-58-64-78(83)95-74(67-89-76(81)61-55-49-43-37-33-31-27-28-32-36-41-47-53-59-71(3)4)69-93-97(85,86)91-65-73(80)66-92-98(87,88)94-70-75(68-90-77(82)62-56-50-46-40-42-48-54-60-72(5)6)96-79(84)63-57-51-44-38-34-29-25-22-20-18-16-14-12-10-8-2/h71-75,80H,7-70H2,1-6H3,(H,85,86)(H,87,88)/t73-,74-,75-/m1/s1. The van der Waals surface area contributed by atoms with Crippen LogP contribution in [0, 0.1) is 11.8 Å². The van der Waals surface area contributed by atoms with E-state index < -0.39 is 97.5 Å². The molecule has 0 heterocycles. The first kappa shape index (κ1) is 96.1. The quantitative estimate of drug-likeness (QED) is 0.0222. The van der Waals surface area contributed by atoms with Crippen molar-refractivity contribution in [2.45, 2.75) is 432 Å². The third-order valence-corrected chi connectivity index (χ3v) is 20.4. The number of carbonyl (C=O) groups excluding carboxylic acids is 4. The molecule has 5 atom stereocenters. The summed E-state index contributed by atoms with van der Waals surface area (Å²) in [6.07, 6.45) is 59.6. The van der Waals surface area contributed by atoms with Crippen LogP contribution in [0.3, 0.4) is 0 Å². The average Bonchev–Trinajstić information content (AvgIpc) is 2.28. The average molecular weight is 1440 g/mol. The number of phosphoric acid groups is 2. The van der Waals surface area contributed by atoms with Crippen molar-refractivity contribution in [3.8, 4) is 0 Å². The molecule has 2 unspecified atom stereocenters. The molecule has 0 aliphatic rings. The highest BCUT2D eigenvalue weighted by molar-refractivity contribution is 7.47. The zero-order valence-electron chi connectivity index (χ0n) is 64.1. The summed E-state index contributed by atoms with van der Waals surface area (Å²) >= 11 is 0. The zero-order chi connectivity index (χ0) is 72.1. The number of rotatable bonds is 78. The molecular formula is C79H154O17P2. The van der Waals surface area contributed by atoms with E-state index in [1.54, 1.807) is 0 Å². The molecule has 0 aromatic rings. The van der Waals surface area contributed by atoms with Crippen LogP contribution < -0.4 is 0 Å². The third kappa shape index (κ3) is 72.4. The Morgan fingerprint density at radius 1 is 0.276 bits per heavy atom. The van der Waals surface area contributed by atoms with E-state index in [9.17, 15) is 43.2 Å². The molecule has 0 radical (unpaired) electrons. The smallest absolute Gasteiger partial charge is 0.462 e. The van der Waals surface area contributed by atoms with E-state index in [2.05, 4.69) is 41.5 Å². The molecule has 0 spiro atoms. The van der Waals surface area contributed by atoms with Crippen molar-refractivity contribution < 1.29 is 80.2 Å². The van der Waals surface area contributed by atoms with Crippen LogP contribution in [0.5, 0.6) is 0 Å². The van der Waals surface area contributed by atoms with Crippen molar-refractivity contribution >= 4 is 39.5 Å². The van der Waals surface area contributed by atoms with Gasteiger partial charge in [0.05, 0.1) is 26.4 Å². The number of esters is 4. The predicted octanol–water partition coefficient (Wildman–Crippen LogP) is 23.5. The van der Waals surface area contributed by atoms with Gasteiger partial charge in [-0.05, 0) is 37.5 Å². The number of hydrogen-bond donors (Lipinski definition) is 3. The van der Waals surface area contributed by atoms with E-state index in [-0.39, 0.29) is 25.7 Å². The fraction of sp³-hybridized carbons (Fsp3) is 0.949. The Labute approximate surface area is 600 Å². The van der Waals surface area contributed by atoms with Crippen molar-refractivity contribution in [2.24, 2.45) is 11.8 Å². The summed E-state index contributed by atoms with van der Waals surface area (Å²) in [7, 11) is -9.92. The Bertz CT molecular complexity index is 1890. The van der Waals surface area contributed by atoms with Gasteiger partial charge in [-0.3, -0.25) is 37.3 Å². The molecule has 0 saturated carbocycles. The number of phosphoric ester groups is 2. The lowest BCUT2D eigenvalue weighted by molar-refractivity contribution is -0.161. The maximum absolute atomic E-state index is 13.1. The molecular weight excluding hydrogens is 1280 g/mol. The molecule has 3 N–H and O–H groups in total. The predicted molar refractivity (Wildman–Crippen MR) is 400 cm³/mol. The van der Waals surface area contributed by atoms with Gasteiger partial charge in [-0.15, -0.1) is 0 Å². The highest BCUT2D eigenvalue weighted by atomic mass is 31.2. The van der Waals surface area contributed by atoms with Crippen LogP contribution in [-0.4, -0.2) is 96.7 Å². The largest absolute Gasteiger partial charge is 0.472 e. The van der Waals surface area contributed by atoms with Crippen molar-refractivity contribution in [2.75, 3.05) is 39.6 Å². The highest BCUT2D eigenvalue weighted by Crippen LogP contribution is 2.45. The maximum Gasteiger partial charge on any atom is 0.472 e. The van der Waals surface area contributed by atoms with E-state index in [1.165, 1.54) is 225 Å². The van der Waals surface area contributed by atoms with Crippen molar-refractivity contribution in [3.63, 3.8) is 0 Å². The van der Waals surface area contributed by atoms with Crippen LogP contribution in [0.25, 0.3) is 0 Å². The first-order chi connectivity index (χ1) is 47.4. The van der Waals surface area contributed by atoms with Crippen LogP contribution in [0.2, 0.25) is 0 Å². The number of hydrogen-bond acceptors (Lipinski definition) is 15. The fourth-order valence-electron chi connectivity index (χ4n) is 12.2. The Kier molecular flexibility index (Phi) is 69.3. The summed E-state index contributed by atoms with van der Waals surface area (Å²) in [4.78, 5) is 72.9. The van der Waals surface area contributed by atoms with Crippen molar-refractivity contribution in [1.82, 2.24) is 0 Å². The second-order valence-corrected chi connectivity index (χ2v) is 32.3.